The minimum atomic E-state index is -0.109. The summed E-state index contributed by atoms with van der Waals surface area (Å²) >= 11 is 1.13. The molecular weight excluding hydrogens is 314 g/mol. The first-order valence-corrected chi connectivity index (χ1v) is 8.45. The predicted molar refractivity (Wildman–Crippen MR) is 86.5 cm³/mol. The molecule has 0 spiro atoms. The second-order valence-corrected chi connectivity index (χ2v) is 6.70. The van der Waals surface area contributed by atoms with Crippen molar-refractivity contribution >= 4 is 17.4 Å². The number of hydrogen-bond acceptors (Lipinski definition) is 6. The van der Waals surface area contributed by atoms with E-state index in [1.54, 1.807) is 6.92 Å². The Hall–Kier alpha value is -1.80. The van der Waals surface area contributed by atoms with Crippen molar-refractivity contribution in [3.63, 3.8) is 0 Å². The van der Waals surface area contributed by atoms with Crippen LogP contribution >= 0.6 is 11.5 Å². The monoisotopic (exact) mass is 335 g/mol. The summed E-state index contributed by atoms with van der Waals surface area (Å²) in [5.41, 5.74) is 3.94. The van der Waals surface area contributed by atoms with Gasteiger partial charge < -0.3 is 10.1 Å². The fraction of sp³-hybridized carbons (Fsp3) is 0.600. The van der Waals surface area contributed by atoms with Crippen molar-refractivity contribution in [2.45, 2.75) is 33.3 Å². The second-order valence-electron chi connectivity index (χ2n) is 5.95. The van der Waals surface area contributed by atoms with Gasteiger partial charge in [0.25, 0.3) is 5.91 Å². The Morgan fingerprint density at radius 2 is 2.17 bits per heavy atom. The smallest absolute Gasteiger partial charge is 0.264 e. The molecule has 0 aliphatic carbocycles. The molecule has 3 rings (SSSR count). The van der Waals surface area contributed by atoms with E-state index in [0.29, 0.717) is 23.7 Å². The van der Waals surface area contributed by atoms with Crippen LogP contribution in [0.5, 0.6) is 0 Å². The van der Waals surface area contributed by atoms with Gasteiger partial charge in [-0.1, -0.05) is 4.49 Å². The number of aryl methyl sites for hydroxylation is 3. The molecule has 1 aliphatic rings. The number of nitrogens with zero attached hydrogens (tertiary/aromatic N) is 4. The van der Waals surface area contributed by atoms with Crippen molar-refractivity contribution in [2.24, 2.45) is 13.0 Å². The number of carbonyl (C=O) groups is 1. The number of aromatic nitrogens is 4. The molecule has 23 heavy (non-hydrogen) atoms. The molecule has 1 amide bonds. The van der Waals surface area contributed by atoms with Crippen LogP contribution in [0.3, 0.4) is 0 Å². The molecule has 0 radical (unpaired) electrons. The molecule has 124 valence electrons. The highest BCUT2D eigenvalue weighted by Crippen LogP contribution is 2.37. The highest BCUT2D eigenvalue weighted by Gasteiger charge is 2.33. The Balaban J connectivity index is 1.70. The summed E-state index contributed by atoms with van der Waals surface area (Å²) in [4.78, 5) is 12.8. The van der Waals surface area contributed by atoms with Crippen LogP contribution in [0.25, 0.3) is 0 Å². The Labute approximate surface area is 139 Å². The lowest BCUT2D eigenvalue weighted by atomic mass is 9.94. The number of carbonyl (C=O) groups excluding carboxylic acids is 1. The lowest BCUT2D eigenvalue weighted by molar-refractivity contribution is 0.0841. The maximum absolute atomic E-state index is 12.2. The van der Waals surface area contributed by atoms with Crippen LogP contribution in [0.2, 0.25) is 0 Å². The van der Waals surface area contributed by atoms with E-state index >= 15 is 0 Å². The molecule has 1 saturated heterocycles. The van der Waals surface area contributed by atoms with Crippen molar-refractivity contribution in [3.8, 4) is 0 Å². The molecule has 2 atom stereocenters. The van der Waals surface area contributed by atoms with E-state index in [0.717, 1.165) is 34.9 Å². The van der Waals surface area contributed by atoms with Gasteiger partial charge in [-0.05, 0) is 38.7 Å². The normalized spacial score (nSPS) is 20.9. The zero-order valence-corrected chi connectivity index (χ0v) is 14.6. The van der Waals surface area contributed by atoms with Gasteiger partial charge in [0.2, 0.25) is 0 Å². The summed E-state index contributed by atoms with van der Waals surface area (Å²) in [6, 6.07) is 0. The molecular formula is C15H21N5O2S. The molecule has 0 bridgehead atoms. The van der Waals surface area contributed by atoms with Crippen LogP contribution in [-0.4, -0.2) is 38.4 Å². The Bertz CT molecular complexity index is 724. The van der Waals surface area contributed by atoms with E-state index in [-0.39, 0.29) is 17.9 Å². The fourth-order valence-electron chi connectivity index (χ4n) is 3.11. The summed E-state index contributed by atoms with van der Waals surface area (Å²) in [6.07, 6.45) is 0.920. The van der Waals surface area contributed by atoms with Gasteiger partial charge in [0.15, 0.2) is 0 Å². The van der Waals surface area contributed by atoms with Gasteiger partial charge in [0.05, 0.1) is 17.5 Å². The van der Waals surface area contributed by atoms with E-state index in [1.807, 2.05) is 18.7 Å². The van der Waals surface area contributed by atoms with Crippen LogP contribution in [0.1, 0.15) is 44.8 Å². The molecule has 0 aromatic carbocycles. The quantitative estimate of drug-likeness (QED) is 0.920. The summed E-state index contributed by atoms with van der Waals surface area (Å²) in [5, 5.41) is 11.3. The zero-order valence-electron chi connectivity index (χ0n) is 13.8. The summed E-state index contributed by atoms with van der Waals surface area (Å²) < 4.78 is 11.6. The van der Waals surface area contributed by atoms with Crippen molar-refractivity contribution in [3.05, 3.63) is 27.5 Å². The molecule has 1 fully saturated rings. The first kappa shape index (κ1) is 16.1. The van der Waals surface area contributed by atoms with Gasteiger partial charge in [-0.2, -0.15) is 5.10 Å². The van der Waals surface area contributed by atoms with Crippen LogP contribution in [0.4, 0.5) is 0 Å². The topological polar surface area (TPSA) is 81.9 Å². The Kier molecular flexibility index (Phi) is 4.45. The molecule has 2 aromatic heterocycles. The SMILES string of the molecule is Cc1nnsc1C(=O)NC[C@@H]1CCO[C@H]1c1c(C)nn(C)c1C. The van der Waals surface area contributed by atoms with Gasteiger partial charge in [0, 0.05) is 37.4 Å². The van der Waals surface area contributed by atoms with Crippen molar-refractivity contribution in [2.75, 3.05) is 13.2 Å². The number of amides is 1. The molecule has 0 saturated carbocycles. The van der Waals surface area contributed by atoms with Gasteiger partial charge in [-0.15, -0.1) is 5.10 Å². The first-order valence-electron chi connectivity index (χ1n) is 7.68. The van der Waals surface area contributed by atoms with Gasteiger partial charge >= 0.3 is 0 Å². The fourth-order valence-corrected chi connectivity index (χ4v) is 3.68. The molecule has 2 aromatic rings. The zero-order chi connectivity index (χ0) is 16.6. The third-order valence-corrected chi connectivity index (χ3v) is 5.27. The third-order valence-electron chi connectivity index (χ3n) is 4.45. The van der Waals surface area contributed by atoms with E-state index < -0.39 is 0 Å². The van der Waals surface area contributed by atoms with Crippen LogP contribution in [-0.2, 0) is 11.8 Å². The first-order chi connectivity index (χ1) is 11.0. The molecule has 0 unspecified atom stereocenters. The van der Waals surface area contributed by atoms with E-state index in [9.17, 15) is 4.79 Å². The predicted octanol–water partition coefficient (Wildman–Crippen LogP) is 1.70. The number of rotatable bonds is 4. The van der Waals surface area contributed by atoms with Gasteiger partial charge in [-0.3, -0.25) is 9.48 Å². The highest BCUT2D eigenvalue weighted by atomic mass is 32.1. The minimum Gasteiger partial charge on any atom is -0.373 e. The molecule has 1 aliphatic heterocycles. The number of hydrogen-bond donors (Lipinski definition) is 1. The molecule has 8 heteroatoms. The lowest BCUT2D eigenvalue weighted by Gasteiger charge is -2.19. The average Bonchev–Trinajstić information content (AvgIpc) is 3.18. The standard InChI is InChI=1S/C15H21N5O2S/c1-8-12(10(3)20(4)18-8)13-11(5-6-22-13)7-16-15(21)14-9(2)17-19-23-14/h11,13H,5-7H2,1-4H3,(H,16,21)/t11-,13+/m0/s1. The molecule has 1 N–H and O–H groups in total. The third kappa shape index (κ3) is 3.00. The summed E-state index contributed by atoms with van der Waals surface area (Å²) in [6.45, 7) is 7.14. The van der Waals surface area contributed by atoms with Gasteiger partial charge in [0.1, 0.15) is 4.88 Å². The maximum atomic E-state index is 12.2. The Morgan fingerprint density at radius 1 is 1.39 bits per heavy atom. The largest absolute Gasteiger partial charge is 0.373 e. The highest BCUT2D eigenvalue weighted by molar-refractivity contribution is 7.07. The summed E-state index contributed by atoms with van der Waals surface area (Å²) in [5.74, 6) is 0.143. The molecule has 7 nitrogen and oxygen atoms in total. The lowest BCUT2D eigenvalue weighted by Crippen LogP contribution is -2.30. The van der Waals surface area contributed by atoms with E-state index in [4.69, 9.17) is 4.74 Å². The average molecular weight is 335 g/mol. The van der Waals surface area contributed by atoms with E-state index in [2.05, 4.69) is 26.9 Å². The number of nitrogens with one attached hydrogen (secondary N) is 1. The van der Waals surface area contributed by atoms with Gasteiger partial charge in [-0.25, -0.2) is 0 Å². The van der Waals surface area contributed by atoms with Crippen LogP contribution < -0.4 is 5.32 Å². The Morgan fingerprint density at radius 3 is 2.78 bits per heavy atom. The summed E-state index contributed by atoms with van der Waals surface area (Å²) in [7, 11) is 1.94. The van der Waals surface area contributed by atoms with Crippen molar-refractivity contribution in [1.82, 2.24) is 24.7 Å². The number of ether oxygens (including phenoxy) is 1. The second kappa shape index (κ2) is 6.37. The maximum Gasteiger partial charge on any atom is 0.264 e. The molecule has 3 heterocycles. The van der Waals surface area contributed by atoms with Crippen molar-refractivity contribution in [1.29, 1.82) is 0 Å². The van der Waals surface area contributed by atoms with Crippen LogP contribution in [0.15, 0.2) is 0 Å². The van der Waals surface area contributed by atoms with Crippen molar-refractivity contribution < 1.29 is 9.53 Å². The van der Waals surface area contributed by atoms with Crippen LogP contribution in [0, 0.1) is 26.7 Å². The van der Waals surface area contributed by atoms with E-state index in [1.165, 1.54) is 0 Å². The minimum absolute atomic E-state index is 0.00955.